The van der Waals surface area contributed by atoms with Gasteiger partial charge in [-0.2, -0.15) is 4.31 Å². The Balaban J connectivity index is 1.71. The molecule has 3 aliphatic rings. The van der Waals surface area contributed by atoms with E-state index in [1.54, 1.807) is 17.9 Å². The molecule has 1 fully saturated rings. The van der Waals surface area contributed by atoms with Crippen LogP contribution >= 0.6 is 0 Å². The quantitative estimate of drug-likeness (QED) is 0.658. The number of carbonyl (C=O) groups is 1. The van der Waals surface area contributed by atoms with Crippen molar-refractivity contribution in [1.29, 1.82) is 0 Å². The second-order valence-corrected chi connectivity index (χ2v) is 12.1. The van der Waals surface area contributed by atoms with Gasteiger partial charge in [-0.15, -0.1) is 0 Å². The number of hydrogen-bond donors (Lipinski definition) is 1. The number of carbonyl (C=O) groups excluding carboxylic acids is 1. The van der Waals surface area contributed by atoms with E-state index in [0.29, 0.717) is 12.3 Å². The largest absolute Gasteiger partial charge is 0.487 e. The lowest BCUT2D eigenvalue weighted by Crippen LogP contribution is -2.50. The molecule has 0 aromatic heterocycles. The Morgan fingerprint density at radius 2 is 2.03 bits per heavy atom. The Labute approximate surface area is 203 Å². The fourth-order valence-electron chi connectivity index (χ4n) is 5.07. The molecule has 0 saturated heterocycles. The topological polar surface area (TPSA) is 87.2 Å². The Hall–Kier alpha value is -1.90. The molecule has 7 nitrogen and oxygen atoms in total. The van der Waals surface area contributed by atoms with Crippen LogP contribution in [0.5, 0.6) is 5.75 Å². The molecule has 188 valence electrons. The molecule has 1 aliphatic heterocycles. The highest BCUT2D eigenvalue weighted by atomic mass is 32.2. The predicted molar refractivity (Wildman–Crippen MR) is 132 cm³/mol. The predicted octanol–water partition coefficient (Wildman–Crippen LogP) is 3.67. The van der Waals surface area contributed by atoms with Gasteiger partial charge in [0.05, 0.1) is 13.2 Å². The van der Waals surface area contributed by atoms with Crippen LogP contribution in [0.15, 0.2) is 29.2 Å². The van der Waals surface area contributed by atoms with Crippen molar-refractivity contribution in [1.82, 2.24) is 9.21 Å². The van der Waals surface area contributed by atoms with Gasteiger partial charge in [-0.3, -0.25) is 4.79 Å². The van der Waals surface area contributed by atoms with Crippen LogP contribution in [0.2, 0.25) is 0 Å². The summed E-state index contributed by atoms with van der Waals surface area (Å²) in [5.74, 6) is 0.391. The molecule has 1 N–H and O–H groups in total. The van der Waals surface area contributed by atoms with E-state index in [-0.39, 0.29) is 41.9 Å². The smallest absolute Gasteiger partial charge is 0.247 e. The number of benzene rings is 1. The highest BCUT2D eigenvalue weighted by Crippen LogP contribution is 2.37. The molecule has 1 heterocycles. The summed E-state index contributed by atoms with van der Waals surface area (Å²) < 4.78 is 35.1. The number of ether oxygens (including phenoxy) is 1. The molecule has 0 unspecified atom stereocenters. The zero-order valence-corrected chi connectivity index (χ0v) is 21.4. The average molecular weight is 491 g/mol. The first kappa shape index (κ1) is 25.2. The molecule has 3 atom stereocenters. The summed E-state index contributed by atoms with van der Waals surface area (Å²) in [6.07, 6.45) is 9.13. The maximum Gasteiger partial charge on any atom is 0.247 e. The van der Waals surface area contributed by atoms with Gasteiger partial charge in [0.25, 0.3) is 0 Å². The molecular formula is C26H38N2O5S. The van der Waals surface area contributed by atoms with E-state index in [0.717, 1.165) is 44.1 Å². The molecule has 34 heavy (non-hydrogen) atoms. The van der Waals surface area contributed by atoms with E-state index in [2.05, 4.69) is 6.08 Å². The maximum atomic E-state index is 13.6. The molecule has 8 heteroatoms. The third-order valence-electron chi connectivity index (χ3n) is 7.61. The number of allylic oxidation sites excluding steroid dienone is 2. The van der Waals surface area contributed by atoms with Crippen LogP contribution < -0.4 is 4.74 Å². The lowest BCUT2D eigenvalue weighted by molar-refractivity contribution is -0.138. The molecule has 0 spiro atoms. The Kier molecular flexibility index (Phi) is 7.69. The number of likely N-dealkylation sites (N-methyl/N-ethyl adjacent to an activating group) is 1. The van der Waals surface area contributed by atoms with Crippen molar-refractivity contribution >= 4 is 21.5 Å². The summed E-state index contributed by atoms with van der Waals surface area (Å²) in [5, 5.41) is 9.81. The maximum absolute atomic E-state index is 13.6. The van der Waals surface area contributed by atoms with E-state index >= 15 is 0 Å². The molecule has 1 aromatic carbocycles. The van der Waals surface area contributed by atoms with Gasteiger partial charge < -0.3 is 14.7 Å². The first-order valence-corrected chi connectivity index (χ1v) is 14.0. The van der Waals surface area contributed by atoms with E-state index in [9.17, 15) is 18.3 Å². The van der Waals surface area contributed by atoms with Crippen molar-refractivity contribution in [2.75, 3.05) is 26.7 Å². The summed E-state index contributed by atoms with van der Waals surface area (Å²) in [7, 11) is -2.05. The number of aliphatic hydroxyl groups excluding tert-OH is 1. The van der Waals surface area contributed by atoms with E-state index in [4.69, 9.17) is 4.74 Å². The van der Waals surface area contributed by atoms with Crippen LogP contribution in [-0.4, -0.2) is 67.5 Å². The second kappa shape index (κ2) is 10.4. The first-order chi connectivity index (χ1) is 16.2. The van der Waals surface area contributed by atoms with Crippen molar-refractivity contribution in [3.8, 4) is 5.75 Å². The lowest BCUT2D eigenvalue weighted by Gasteiger charge is -2.38. The lowest BCUT2D eigenvalue weighted by atomic mass is 9.84. The fourth-order valence-corrected chi connectivity index (χ4v) is 6.90. The van der Waals surface area contributed by atoms with Crippen LogP contribution in [-0.2, 0) is 14.8 Å². The minimum absolute atomic E-state index is 0.0947. The van der Waals surface area contributed by atoms with Crippen molar-refractivity contribution < 1.29 is 23.1 Å². The Morgan fingerprint density at radius 1 is 1.26 bits per heavy atom. The number of nitrogens with zero attached hydrogens (tertiary/aromatic N) is 2. The van der Waals surface area contributed by atoms with Gasteiger partial charge in [0.2, 0.25) is 15.9 Å². The van der Waals surface area contributed by atoms with E-state index in [1.807, 2.05) is 26.1 Å². The first-order valence-electron chi connectivity index (χ1n) is 12.6. The molecule has 1 amide bonds. The zero-order chi connectivity index (χ0) is 24.5. The van der Waals surface area contributed by atoms with Crippen LogP contribution in [0, 0.1) is 11.8 Å². The summed E-state index contributed by atoms with van der Waals surface area (Å²) in [4.78, 5) is 14.7. The van der Waals surface area contributed by atoms with Gasteiger partial charge in [0.15, 0.2) is 0 Å². The second-order valence-electron chi connectivity index (χ2n) is 10.2. The molecule has 0 bridgehead atoms. The van der Waals surface area contributed by atoms with Gasteiger partial charge in [0.1, 0.15) is 16.7 Å². The highest BCUT2D eigenvalue weighted by molar-refractivity contribution is 7.89. The minimum atomic E-state index is -3.86. The number of fused-ring (bicyclic) bond motifs is 1. The summed E-state index contributed by atoms with van der Waals surface area (Å²) in [6.45, 7) is 4.01. The van der Waals surface area contributed by atoms with Crippen LogP contribution in [0.4, 0.5) is 0 Å². The van der Waals surface area contributed by atoms with Crippen molar-refractivity contribution in [2.45, 2.75) is 75.8 Å². The zero-order valence-electron chi connectivity index (χ0n) is 20.6. The fraction of sp³-hybridized carbons (Fsp3) is 0.654. The van der Waals surface area contributed by atoms with Crippen LogP contribution in [0.1, 0.15) is 64.4 Å². The summed E-state index contributed by atoms with van der Waals surface area (Å²) >= 11 is 0. The standard InChI is InChI=1S/C26H38N2O5S/c1-18-15-28(19(2)17-29)34(31,32)25-13-12-22(20-8-5-4-6-9-20)14-23(25)33-24(18)16-27(3)26(30)21-10-7-11-21/h8,12-14,18-19,21,24,29H,4-7,9-11,15-17H2,1-3H3/t18-,19+,24-/m0/s1. The van der Waals surface area contributed by atoms with E-state index < -0.39 is 16.1 Å². The number of hydrogen-bond acceptors (Lipinski definition) is 5. The average Bonchev–Trinajstić information content (AvgIpc) is 2.79. The molecule has 2 aliphatic carbocycles. The molecular weight excluding hydrogens is 452 g/mol. The van der Waals surface area contributed by atoms with Crippen LogP contribution in [0.25, 0.3) is 5.57 Å². The highest BCUT2D eigenvalue weighted by Gasteiger charge is 2.39. The Morgan fingerprint density at radius 3 is 2.65 bits per heavy atom. The number of amides is 1. The monoisotopic (exact) mass is 490 g/mol. The number of rotatable bonds is 6. The minimum Gasteiger partial charge on any atom is -0.487 e. The molecule has 1 saturated carbocycles. The SMILES string of the molecule is C[C@H](CO)N1C[C@H](C)[C@H](CN(C)C(=O)C2CCC2)Oc2cc(C3=CCCCC3)ccc2S1(=O)=O. The van der Waals surface area contributed by atoms with Gasteiger partial charge in [-0.05, 0) is 68.7 Å². The van der Waals surface area contributed by atoms with Crippen molar-refractivity contribution in [3.63, 3.8) is 0 Å². The van der Waals surface area contributed by atoms with Crippen molar-refractivity contribution in [2.24, 2.45) is 11.8 Å². The summed E-state index contributed by atoms with van der Waals surface area (Å²) in [6, 6.07) is 4.80. The third-order valence-corrected chi connectivity index (χ3v) is 9.63. The van der Waals surface area contributed by atoms with Gasteiger partial charge in [-0.1, -0.05) is 25.5 Å². The number of sulfonamides is 1. The van der Waals surface area contributed by atoms with Crippen molar-refractivity contribution in [3.05, 3.63) is 29.8 Å². The number of aliphatic hydroxyl groups is 1. The van der Waals surface area contributed by atoms with E-state index in [1.165, 1.54) is 16.3 Å². The molecule has 1 aromatic rings. The van der Waals surface area contributed by atoms with Crippen LogP contribution in [0.3, 0.4) is 0 Å². The normalized spacial score (nSPS) is 26.2. The van der Waals surface area contributed by atoms with Gasteiger partial charge in [-0.25, -0.2) is 8.42 Å². The third kappa shape index (κ3) is 5.04. The van der Waals surface area contributed by atoms with Gasteiger partial charge >= 0.3 is 0 Å². The Bertz CT molecular complexity index is 1030. The van der Waals surface area contributed by atoms with Gasteiger partial charge in [0, 0.05) is 31.5 Å². The summed E-state index contributed by atoms with van der Waals surface area (Å²) in [5.41, 5.74) is 2.21. The molecule has 4 rings (SSSR count). The molecule has 0 radical (unpaired) electrons.